The molecule has 0 amide bonds. The Morgan fingerprint density at radius 3 is 2.64 bits per heavy atom. The molecule has 2 unspecified atom stereocenters. The maximum Gasteiger partial charge on any atom is 0.324 e. The summed E-state index contributed by atoms with van der Waals surface area (Å²) >= 11 is 3.88. The molecule has 0 aromatic carbocycles. The summed E-state index contributed by atoms with van der Waals surface area (Å²) in [5.74, 6) is -0.0377. The lowest BCUT2D eigenvalue weighted by molar-refractivity contribution is -0.149. The Morgan fingerprint density at radius 1 is 1.73 bits per heavy atom. The largest absolute Gasteiger partial charge is 0.462 e. The summed E-state index contributed by atoms with van der Waals surface area (Å²) in [5.41, 5.74) is 5.37. The van der Waals surface area contributed by atoms with E-state index in [1.165, 1.54) is 0 Å². The molecular formula is C7H15NO2S. The van der Waals surface area contributed by atoms with Crippen LogP contribution in [0.25, 0.3) is 0 Å². The standard InChI is InChI=1S/C7H15NO2S/c1-3-5(2)10-7(9)6(8)4-11/h5-6,11H,3-4,8H2,1-2H3. The van der Waals surface area contributed by atoms with Crippen LogP contribution < -0.4 is 5.73 Å². The molecule has 66 valence electrons. The van der Waals surface area contributed by atoms with Crippen molar-refractivity contribution in [2.45, 2.75) is 32.4 Å². The third-order valence-electron chi connectivity index (χ3n) is 1.39. The van der Waals surface area contributed by atoms with E-state index in [4.69, 9.17) is 10.5 Å². The summed E-state index contributed by atoms with van der Waals surface area (Å²) in [6, 6.07) is -0.590. The normalized spacial score (nSPS) is 15.6. The third kappa shape index (κ3) is 4.27. The monoisotopic (exact) mass is 177 g/mol. The summed E-state index contributed by atoms with van der Waals surface area (Å²) in [5, 5.41) is 0. The molecule has 0 heterocycles. The Kier molecular flexibility index (Phi) is 5.32. The lowest BCUT2D eigenvalue weighted by Crippen LogP contribution is -2.35. The predicted octanol–water partition coefficient (Wildman–Crippen LogP) is 0.585. The second-order valence-corrected chi connectivity index (χ2v) is 2.81. The summed E-state index contributed by atoms with van der Waals surface area (Å²) in [6.07, 6.45) is 0.763. The average molecular weight is 177 g/mol. The van der Waals surface area contributed by atoms with Gasteiger partial charge >= 0.3 is 5.97 Å². The Labute approximate surface area is 72.7 Å². The van der Waals surface area contributed by atoms with Gasteiger partial charge in [0, 0.05) is 5.75 Å². The van der Waals surface area contributed by atoms with Crippen LogP contribution in [0.15, 0.2) is 0 Å². The zero-order valence-corrected chi connectivity index (χ0v) is 7.80. The minimum Gasteiger partial charge on any atom is -0.462 e. The van der Waals surface area contributed by atoms with E-state index in [2.05, 4.69) is 12.6 Å². The molecule has 4 heteroatoms. The molecule has 0 saturated heterocycles. The zero-order valence-electron chi connectivity index (χ0n) is 6.91. The van der Waals surface area contributed by atoms with Crippen LogP contribution in [0, 0.1) is 0 Å². The molecule has 0 radical (unpaired) electrons. The van der Waals surface area contributed by atoms with Crippen molar-refractivity contribution in [3.63, 3.8) is 0 Å². The lowest BCUT2D eigenvalue weighted by atomic mass is 10.3. The fourth-order valence-corrected chi connectivity index (χ4v) is 0.593. The van der Waals surface area contributed by atoms with Crippen molar-refractivity contribution < 1.29 is 9.53 Å². The van der Waals surface area contributed by atoms with Crippen molar-refractivity contribution in [1.82, 2.24) is 0 Å². The van der Waals surface area contributed by atoms with Crippen molar-refractivity contribution in [2.75, 3.05) is 5.75 Å². The highest BCUT2D eigenvalue weighted by Crippen LogP contribution is 1.98. The van der Waals surface area contributed by atoms with Crippen molar-refractivity contribution >= 4 is 18.6 Å². The Balaban J connectivity index is 3.68. The second-order valence-electron chi connectivity index (χ2n) is 2.44. The number of rotatable bonds is 4. The first-order valence-electron chi connectivity index (χ1n) is 3.68. The number of carbonyl (C=O) groups is 1. The summed E-state index contributed by atoms with van der Waals surface area (Å²) in [6.45, 7) is 3.79. The van der Waals surface area contributed by atoms with Gasteiger partial charge < -0.3 is 10.5 Å². The van der Waals surface area contributed by atoms with E-state index in [-0.39, 0.29) is 12.1 Å². The minimum atomic E-state index is -0.590. The number of carbonyl (C=O) groups excluding carboxylic acids is 1. The van der Waals surface area contributed by atoms with Gasteiger partial charge in [-0.1, -0.05) is 6.92 Å². The molecule has 11 heavy (non-hydrogen) atoms. The van der Waals surface area contributed by atoms with Gasteiger partial charge in [-0.3, -0.25) is 4.79 Å². The highest BCUT2D eigenvalue weighted by molar-refractivity contribution is 7.80. The van der Waals surface area contributed by atoms with Gasteiger partial charge in [0.15, 0.2) is 0 Å². The first-order valence-corrected chi connectivity index (χ1v) is 4.32. The number of nitrogens with two attached hydrogens (primary N) is 1. The van der Waals surface area contributed by atoms with E-state index in [0.717, 1.165) is 6.42 Å². The number of ether oxygens (including phenoxy) is 1. The van der Waals surface area contributed by atoms with E-state index < -0.39 is 6.04 Å². The number of hydrogen-bond donors (Lipinski definition) is 2. The lowest BCUT2D eigenvalue weighted by Gasteiger charge is -2.13. The SMILES string of the molecule is CCC(C)OC(=O)C(N)CS. The van der Waals surface area contributed by atoms with Crippen LogP contribution in [0.2, 0.25) is 0 Å². The molecule has 0 rings (SSSR count). The molecule has 0 aromatic heterocycles. The van der Waals surface area contributed by atoms with Crippen LogP contribution in [0.5, 0.6) is 0 Å². The number of thiol groups is 1. The molecule has 0 aliphatic rings. The van der Waals surface area contributed by atoms with Gasteiger partial charge in [0.1, 0.15) is 6.04 Å². The molecule has 0 spiro atoms. The maximum atomic E-state index is 10.9. The highest BCUT2D eigenvalue weighted by Gasteiger charge is 2.14. The van der Waals surface area contributed by atoms with Gasteiger partial charge in [-0.2, -0.15) is 12.6 Å². The fourth-order valence-electron chi connectivity index (χ4n) is 0.444. The van der Waals surface area contributed by atoms with E-state index in [9.17, 15) is 4.79 Å². The van der Waals surface area contributed by atoms with Crippen molar-refractivity contribution in [1.29, 1.82) is 0 Å². The molecule has 2 N–H and O–H groups in total. The van der Waals surface area contributed by atoms with Gasteiger partial charge in [-0.15, -0.1) is 0 Å². The maximum absolute atomic E-state index is 10.9. The predicted molar refractivity (Wildman–Crippen MR) is 47.7 cm³/mol. The Morgan fingerprint density at radius 2 is 2.27 bits per heavy atom. The van der Waals surface area contributed by atoms with Crippen LogP contribution in [0.3, 0.4) is 0 Å². The molecule has 0 bridgehead atoms. The van der Waals surface area contributed by atoms with Gasteiger partial charge in [0.25, 0.3) is 0 Å². The van der Waals surface area contributed by atoms with Crippen LogP contribution in [-0.2, 0) is 9.53 Å². The smallest absolute Gasteiger partial charge is 0.324 e. The molecule has 3 nitrogen and oxygen atoms in total. The minimum absolute atomic E-state index is 0.0477. The Hall–Kier alpha value is -0.220. The van der Waals surface area contributed by atoms with Gasteiger partial charge in [0.05, 0.1) is 6.10 Å². The van der Waals surface area contributed by atoms with Gasteiger partial charge in [0.2, 0.25) is 0 Å². The Bertz CT molecular complexity index is 130. The topological polar surface area (TPSA) is 52.3 Å². The fraction of sp³-hybridized carbons (Fsp3) is 0.857. The first kappa shape index (κ1) is 10.8. The van der Waals surface area contributed by atoms with Crippen molar-refractivity contribution in [2.24, 2.45) is 5.73 Å². The van der Waals surface area contributed by atoms with E-state index in [0.29, 0.717) is 5.75 Å². The van der Waals surface area contributed by atoms with E-state index in [1.54, 1.807) is 0 Å². The summed E-state index contributed by atoms with van der Waals surface area (Å²) in [4.78, 5) is 10.9. The molecule has 0 fully saturated rings. The van der Waals surface area contributed by atoms with Crippen LogP contribution in [0.4, 0.5) is 0 Å². The third-order valence-corrected chi connectivity index (χ3v) is 1.79. The summed E-state index contributed by atoms with van der Waals surface area (Å²) in [7, 11) is 0. The van der Waals surface area contributed by atoms with E-state index >= 15 is 0 Å². The molecule has 0 aliphatic carbocycles. The molecule has 2 atom stereocenters. The van der Waals surface area contributed by atoms with Crippen molar-refractivity contribution in [3.8, 4) is 0 Å². The summed E-state index contributed by atoms with van der Waals surface area (Å²) < 4.78 is 4.94. The van der Waals surface area contributed by atoms with Crippen LogP contribution in [-0.4, -0.2) is 23.9 Å². The molecule has 0 saturated carbocycles. The zero-order chi connectivity index (χ0) is 8.85. The molecule has 0 aromatic rings. The van der Waals surface area contributed by atoms with Crippen LogP contribution >= 0.6 is 12.6 Å². The van der Waals surface area contributed by atoms with Crippen molar-refractivity contribution in [3.05, 3.63) is 0 Å². The average Bonchev–Trinajstić information content (AvgIpc) is 2.02. The molecule has 0 aliphatic heterocycles. The van der Waals surface area contributed by atoms with Gasteiger partial charge in [-0.25, -0.2) is 0 Å². The second kappa shape index (κ2) is 5.43. The first-order chi connectivity index (χ1) is 5.11. The van der Waals surface area contributed by atoms with E-state index in [1.807, 2.05) is 13.8 Å². The highest BCUT2D eigenvalue weighted by atomic mass is 32.1. The number of hydrogen-bond acceptors (Lipinski definition) is 4. The van der Waals surface area contributed by atoms with Gasteiger partial charge in [-0.05, 0) is 13.3 Å². The number of esters is 1. The van der Waals surface area contributed by atoms with Crippen LogP contribution in [0.1, 0.15) is 20.3 Å². The quantitative estimate of drug-likeness (QED) is 0.488. The molecular weight excluding hydrogens is 162 g/mol.